The van der Waals surface area contributed by atoms with E-state index in [0.29, 0.717) is 5.92 Å². The van der Waals surface area contributed by atoms with Gasteiger partial charge in [-0.1, -0.05) is 261 Å². The van der Waals surface area contributed by atoms with Gasteiger partial charge in [-0.25, -0.2) is 0 Å². The average molecular weight is 838 g/mol. The van der Waals surface area contributed by atoms with E-state index in [-0.39, 0.29) is 111 Å². The van der Waals surface area contributed by atoms with E-state index in [4.69, 9.17) is 0 Å². The van der Waals surface area contributed by atoms with Crippen LogP contribution in [0.15, 0.2) is 109 Å². The highest BCUT2D eigenvalue weighted by atomic mass is 14.3. The predicted octanol–water partition coefficient (Wildman–Crippen LogP) is 21.7. The molecule has 0 fully saturated rings. The highest BCUT2D eigenvalue weighted by molar-refractivity contribution is 5.80. The van der Waals surface area contributed by atoms with Crippen LogP contribution in [0.2, 0.25) is 0 Å². The number of rotatable bonds is 0. The van der Waals surface area contributed by atoms with Crippen molar-refractivity contribution >= 4 is 0 Å². The van der Waals surface area contributed by atoms with Crippen molar-refractivity contribution in [2.75, 3.05) is 0 Å². The molecule has 0 bridgehead atoms. The molecule has 0 aliphatic heterocycles. The van der Waals surface area contributed by atoms with Gasteiger partial charge in [-0.2, -0.15) is 0 Å². The summed E-state index contributed by atoms with van der Waals surface area (Å²) in [6.45, 7) is 15.3. The van der Waals surface area contributed by atoms with Crippen LogP contribution in [0.3, 0.4) is 0 Å². The van der Waals surface area contributed by atoms with Gasteiger partial charge < -0.3 is 0 Å². The average Bonchev–Trinajstić information content (AvgIpc) is 3.65. The molecule has 0 amide bonds. The van der Waals surface area contributed by atoms with Gasteiger partial charge in [0.1, 0.15) is 0 Å². The van der Waals surface area contributed by atoms with Gasteiger partial charge in [0.15, 0.2) is 0 Å². The molecule has 3 aliphatic rings. The zero-order valence-electron chi connectivity index (χ0n) is 28.4. The van der Waals surface area contributed by atoms with E-state index < -0.39 is 0 Å². The van der Waals surface area contributed by atoms with Gasteiger partial charge in [0, 0.05) is 5.92 Å². The Labute approximate surface area is 386 Å². The van der Waals surface area contributed by atoms with Crippen LogP contribution in [-0.2, 0) is 12.8 Å². The first-order valence-corrected chi connectivity index (χ1v) is 16.7. The smallest absolute Gasteiger partial charge is 0.00735 e. The lowest BCUT2D eigenvalue weighted by Crippen LogP contribution is -1.90. The molecule has 9 rings (SSSR count). The maximum Gasteiger partial charge on any atom is 0.00735 e. The molecule has 0 heterocycles. The van der Waals surface area contributed by atoms with Gasteiger partial charge in [-0.15, -0.1) is 0 Å². The van der Waals surface area contributed by atoms with Crippen molar-refractivity contribution < 1.29 is 0 Å². The van der Waals surface area contributed by atoms with Gasteiger partial charge >= 0.3 is 0 Å². The summed E-state index contributed by atoms with van der Waals surface area (Å²) in [5.74, 6) is 0.546. The second kappa shape index (κ2) is 31.2. The van der Waals surface area contributed by atoms with Crippen molar-refractivity contribution in [1.29, 1.82) is 0 Å². The topological polar surface area (TPSA) is 0 Å². The molecule has 0 saturated heterocycles. The largest absolute Gasteiger partial charge is 0.0776 e. The Hall–Kier alpha value is -4.68. The predicted molar refractivity (Wildman–Crippen MR) is 298 cm³/mol. The Balaban J connectivity index is -0.0000000846. The Morgan fingerprint density at radius 2 is 0.443 bits per heavy atom. The molecule has 0 N–H and O–H groups in total. The van der Waals surface area contributed by atoms with Crippen LogP contribution >= 0.6 is 0 Å². The van der Waals surface area contributed by atoms with E-state index in [1.54, 1.807) is 0 Å². The van der Waals surface area contributed by atoms with E-state index >= 15 is 0 Å². The maximum atomic E-state index is 2.33. The Morgan fingerprint density at radius 1 is 0.262 bits per heavy atom. The molecule has 0 saturated carbocycles. The zero-order chi connectivity index (χ0) is 32.1. The quantitative estimate of drug-likeness (QED) is 0.143. The minimum atomic E-state index is 0. The highest BCUT2D eigenvalue weighted by Crippen LogP contribution is 2.45. The van der Waals surface area contributed by atoms with Gasteiger partial charge in [0.2, 0.25) is 0 Å². The number of fused-ring (bicyclic) bond motifs is 9. The van der Waals surface area contributed by atoms with Crippen molar-refractivity contribution in [1.82, 2.24) is 0 Å². The summed E-state index contributed by atoms with van der Waals surface area (Å²) in [4.78, 5) is 0. The Bertz CT molecular complexity index is 1870. The van der Waals surface area contributed by atoms with Crippen molar-refractivity contribution in [3.8, 4) is 33.4 Å². The molecule has 0 nitrogen and oxygen atoms in total. The summed E-state index contributed by atoms with van der Waals surface area (Å²) in [5, 5.41) is 0. The van der Waals surface area contributed by atoms with Crippen LogP contribution in [0.1, 0.15) is 191 Å². The molecule has 0 radical (unpaired) electrons. The Morgan fingerprint density at radius 3 is 0.656 bits per heavy atom. The number of hydrogen-bond acceptors (Lipinski definition) is 0. The van der Waals surface area contributed by atoms with Crippen LogP contribution < -0.4 is 0 Å². The first-order chi connectivity index (χ1) is 22.1. The summed E-state index contributed by atoms with van der Waals surface area (Å²) in [6.07, 6.45) is 2.21. The van der Waals surface area contributed by atoms with Crippen LogP contribution in [0.4, 0.5) is 0 Å². The first kappa shape index (κ1) is 77.0. The van der Waals surface area contributed by atoms with Crippen molar-refractivity contribution in [2.45, 2.75) is 179 Å². The fourth-order valence-corrected chi connectivity index (χ4v) is 7.68. The molecule has 0 unspecified atom stereocenters. The van der Waals surface area contributed by atoms with Crippen molar-refractivity contribution in [2.24, 2.45) is 0 Å². The summed E-state index contributed by atoms with van der Waals surface area (Å²) < 4.78 is 0. The van der Waals surface area contributed by atoms with Crippen LogP contribution in [-0.4, -0.2) is 0 Å². The van der Waals surface area contributed by atoms with Crippen LogP contribution in [0.25, 0.3) is 33.4 Å². The third-order valence-electron chi connectivity index (χ3n) is 10.0. The van der Waals surface area contributed by atoms with Crippen LogP contribution in [0, 0.1) is 41.5 Å². The molecule has 0 spiro atoms. The molecular formula is C61H104. The zero-order valence-corrected chi connectivity index (χ0v) is 28.4. The molecular weight excluding hydrogens is 733 g/mol. The molecule has 0 aromatic heterocycles. The number of aryl methyl sites for hydroxylation is 6. The SMILES string of the molecule is C.C.C.C.C.C.C.C.C.C.C.C.C.C.C.Cc1ccc2c(c1)C(C)c1cc(C)ccc1-2.Cc1ccc2c(c1)Cc1cc(C)ccc1-2.Cc1ccc2c(c1)Cc1cc(C)ccc1-2. The summed E-state index contributed by atoms with van der Waals surface area (Å²) >= 11 is 0. The van der Waals surface area contributed by atoms with Crippen molar-refractivity contribution in [3.63, 3.8) is 0 Å². The van der Waals surface area contributed by atoms with Crippen molar-refractivity contribution in [3.05, 3.63) is 176 Å². The third-order valence-corrected chi connectivity index (χ3v) is 10.0. The lowest BCUT2D eigenvalue weighted by Gasteiger charge is -2.07. The highest BCUT2D eigenvalue weighted by Gasteiger charge is 2.25. The lowest BCUT2D eigenvalue weighted by molar-refractivity contribution is 0.952. The second-order valence-corrected chi connectivity index (χ2v) is 13.9. The third kappa shape index (κ3) is 15.3. The van der Waals surface area contributed by atoms with Gasteiger partial charge in [-0.3, -0.25) is 0 Å². The fourth-order valence-electron chi connectivity index (χ4n) is 7.68. The molecule has 0 atom stereocenters. The summed E-state index contributed by atoms with van der Waals surface area (Å²) in [7, 11) is 0. The van der Waals surface area contributed by atoms with Gasteiger partial charge in [0.05, 0.1) is 0 Å². The monoisotopic (exact) mass is 837 g/mol. The molecule has 3 aliphatic carbocycles. The fraction of sp³-hybridized carbons (Fsp3) is 0.410. The number of benzene rings is 6. The van der Waals surface area contributed by atoms with E-state index in [1.807, 2.05) is 0 Å². The van der Waals surface area contributed by atoms with Gasteiger partial charge in [-0.05, 0) is 121 Å². The van der Waals surface area contributed by atoms with E-state index in [0.717, 1.165) is 12.8 Å². The molecule has 6 aromatic rings. The standard InChI is InChI=1S/C16H16.2C15H14.15CH4/c1-10-4-6-13-14-7-5-11(2)9-16(14)12(3)15(13)8-10;2*1-10-3-5-14-12(7-10)9-13-8-11(2)4-6-15(13)14;;;;;;;;;;;;;;;/h4-9,12H,1-3H3;2*3-8H,9H2,1-2H3;15*1H4. The lowest BCUT2D eigenvalue weighted by atomic mass is 9.97. The minimum absolute atomic E-state index is 0. The second-order valence-electron chi connectivity index (χ2n) is 13.9. The summed E-state index contributed by atoms with van der Waals surface area (Å²) in [5.41, 5.74) is 25.6. The molecule has 0 heteroatoms. The van der Waals surface area contributed by atoms with Gasteiger partial charge in [0.25, 0.3) is 0 Å². The van der Waals surface area contributed by atoms with E-state index in [9.17, 15) is 0 Å². The molecule has 61 heavy (non-hydrogen) atoms. The Kier molecular flexibility index (Phi) is 39.4. The van der Waals surface area contributed by atoms with E-state index in [1.165, 1.54) is 100 Å². The first-order valence-electron chi connectivity index (χ1n) is 16.7. The molecule has 6 aromatic carbocycles. The van der Waals surface area contributed by atoms with E-state index in [2.05, 4.69) is 158 Å². The van der Waals surface area contributed by atoms with Crippen LogP contribution in [0.5, 0.6) is 0 Å². The normalized spacial score (nSPS) is 9.69. The minimum Gasteiger partial charge on any atom is -0.0776 e. The summed E-state index contributed by atoms with van der Waals surface area (Å²) in [6, 6.07) is 40.7. The maximum absolute atomic E-state index is 2.33. The number of hydrogen-bond donors (Lipinski definition) is 0. The molecule has 348 valence electrons.